The van der Waals surface area contributed by atoms with Crippen LogP contribution in [-0.2, 0) is 19.1 Å². The third-order valence-electron chi connectivity index (χ3n) is 5.52. The molecule has 186 valence electrons. The molecule has 1 amide bonds. The zero-order valence-electron chi connectivity index (χ0n) is 19.8. The maximum Gasteiger partial charge on any atom is 0.328 e. The van der Waals surface area contributed by atoms with E-state index in [1.54, 1.807) is 44.3 Å². The average Bonchev–Trinajstić information content (AvgIpc) is 3.25. The Bertz CT molecular complexity index is 1210. The minimum absolute atomic E-state index is 0.0269. The summed E-state index contributed by atoms with van der Waals surface area (Å²) in [5.41, 5.74) is 8.01. The van der Waals surface area contributed by atoms with Gasteiger partial charge < -0.3 is 30.6 Å². The fourth-order valence-corrected chi connectivity index (χ4v) is 3.73. The molecule has 11 heteroatoms. The minimum Gasteiger partial charge on any atom is -0.493 e. The number of rotatable bonds is 10. The largest absolute Gasteiger partial charge is 0.493 e. The molecule has 0 radical (unpaired) electrons. The van der Waals surface area contributed by atoms with Crippen molar-refractivity contribution >= 4 is 34.8 Å². The monoisotopic (exact) mass is 483 g/mol. The van der Waals surface area contributed by atoms with Crippen molar-refractivity contribution in [2.45, 2.75) is 45.6 Å². The summed E-state index contributed by atoms with van der Waals surface area (Å²) in [6.07, 6.45) is 1.77. The zero-order valence-corrected chi connectivity index (χ0v) is 19.8. The lowest BCUT2D eigenvalue weighted by atomic mass is 9.92. The number of H-pyrrole nitrogens is 1. The predicted octanol–water partition coefficient (Wildman–Crippen LogP) is 2.40. The molecule has 2 heterocycles. The molecule has 5 N–H and O–H groups in total. The van der Waals surface area contributed by atoms with Gasteiger partial charge in [0.15, 0.2) is 0 Å². The minimum atomic E-state index is -0.980. The highest BCUT2D eigenvalue weighted by Gasteiger charge is 2.24. The van der Waals surface area contributed by atoms with Crippen LogP contribution >= 0.6 is 0 Å². The van der Waals surface area contributed by atoms with Gasteiger partial charge in [-0.1, -0.05) is 19.1 Å². The lowest BCUT2D eigenvalue weighted by Crippen LogP contribution is -2.42. The van der Waals surface area contributed by atoms with Crippen molar-refractivity contribution < 1.29 is 29.0 Å². The van der Waals surface area contributed by atoms with Crippen LogP contribution in [0.15, 0.2) is 30.5 Å². The number of carbonyl (C=O) groups excluding carboxylic acids is 3. The molecule has 0 aliphatic carbocycles. The Balaban J connectivity index is 1.73. The second-order valence-corrected chi connectivity index (χ2v) is 7.84. The highest BCUT2D eigenvalue weighted by molar-refractivity contribution is 5.97. The van der Waals surface area contributed by atoms with Crippen LogP contribution in [0.2, 0.25) is 0 Å². The van der Waals surface area contributed by atoms with E-state index in [1.807, 2.05) is 6.92 Å². The summed E-state index contributed by atoms with van der Waals surface area (Å²) in [6, 6.07) is 5.86. The third kappa shape index (κ3) is 6.05. The average molecular weight is 484 g/mol. The fourth-order valence-electron chi connectivity index (χ4n) is 3.73. The van der Waals surface area contributed by atoms with Crippen molar-refractivity contribution in [3.05, 3.63) is 47.2 Å². The molecule has 0 spiro atoms. The summed E-state index contributed by atoms with van der Waals surface area (Å²) in [5, 5.41) is 13.4. The predicted molar refractivity (Wildman–Crippen MR) is 128 cm³/mol. The first kappa shape index (κ1) is 25.5. The molecule has 3 rings (SSSR count). The van der Waals surface area contributed by atoms with Gasteiger partial charge in [0.1, 0.15) is 11.7 Å². The van der Waals surface area contributed by atoms with E-state index in [1.165, 1.54) is 0 Å². The van der Waals surface area contributed by atoms with Gasteiger partial charge in [0.25, 0.3) is 5.91 Å². The van der Waals surface area contributed by atoms with Gasteiger partial charge in [-0.05, 0) is 43.5 Å². The number of fused-ring (bicyclic) bond motifs is 1. The molecule has 0 saturated heterocycles. The van der Waals surface area contributed by atoms with Crippen molar-refractivity contribution in [3.63, 3.8) is 0 Å². The molecule has 35 heavy (non-hydrogen) atoms. The van der Waals surface area contributed by atoms with Gasteiger partial charge in [-0.15, -0.1) is 0 Å². The Labute approximate surface area is 202 Å². The number of nitrogens with two attached hydrogens (primary N) is 1. The highest BCUT2D eigenvalue weighted by atomic mass is 16.5. The number of hydrogen-bond acceptors (Lipinski definition) is 9. The quantitative estimate of drug-likeness (QED) is 0.316. The van der Waals surface area contributed by atoms with Crippen LogP contribution in [0.4, 0.5) is 5.95 Å². The SMILES string of the molecule is CCOC(=O)CC[C@H](NC(=O)c1ccc(C(C)c2c[nH]c3nc(N)nc(O)c23)cc1)C(=O)OCC. The smallest absolute Gasteiger partial charge is 0.328 e. The van der Waals surface area contributed by atoms with Crippen LogP contribution in [0.1, 0.15) is 61.0 Å². The molecule has 0 saturated carbocycles. The van der Waals surface area contributed by atoms with Gasteiger partial charge in [0, 0.05) is 24.1 Å². The molecule has 0 aliphatic rings. The van der Waals surface area contributed by atoms with E-state index in [0.717, 1.165) is 11.1 Å². The summed E-state index contributed by atoms with van der Waals surface area (Å²) in [7, 11) is 0. The van der Waals surface area contributed by atoms with E-state index < -0.39 is 23.9 Å². The number of aromatic hydroxyl groups is 1. The zero-order chi connectivity index (χ0) is 25.5. The number of hydrogen-bond donors (Lipinski definition) is 4. The van der Waals surface area contributed by atoms with Crippen LogP contribution in [0.25, 0.3) is 11.0 Å². The number of nitrogens with one attached hydrogen (secondary N) is 2. The highest BCUT2D eigenvalue weighted by Crippen LogP contribution is 2.34. The number of anilines is 1. The number of ether oxygens (including phenoxy) is 2. The number of nitrogens with zero attached hydrogens (tertiary/aromatic N) is 2. The van der Waals surface area contributed by atoms with Crippen LogP contribution in [0, 0.1) is 0 Å². The van der Waals surface area contributed by atoms with Crippen LogP contribution in [-0.4, -0.2) is 57.2 Å². The van der Waals surface area contributed by atoms with Crippen molar-refractivity contribution in [1.29, 1.82) is 0 Å². The summed E-state index contributed by atoms with van der Waals surface area (Å²) in [5.74, 6) is -1.94. The summed E-state index contributed by atoms with van der Waals surface area (Å²) >= 11 is 0. The van der Waals surface area contributed by atoms with E-state index in [4.69, 9.17) is 15.2 Å². The maximum absolute atomic E-state index is 12.8. The Morgan fingerprint density at radius 2 is 1.80 bits per heavy atom. The van der Waals surface area contributed by atoms with Crippen LogP contribution < -0.4 is 11.1 Å². The summed E-state index contributed by atoms with van der Waals surface area (Å²) < 4.78 is 9.92. The van der Waals surface area contributed by atoms with E-state index in [9.17, 15) is 19.5 Å². The molecule has 1 aromatic carbocycles. The van der Waals surface area contributed by atoms with E-state index >= 15 is 0 Å². The molecule has 0 fully saturated rings. The maximum atomic E-state index is 12.8. The standard InChI is InChI=1S/C24H29N5O6/c1-4-34-18(30)11-10-17(23(33)35-5-2)27-21(31)15-8-6-14(7-9-15)13(3)16-12-26-20-19(16)22(32)29-24(25)28-20/h6-9,12-13,17H,4-5,10-11H2,1-3H3,(H,27,31)(H4,25,26,28,29,32)/t13?,17-/m0/s1. The molecule has 2 atom stereocenters. The van der Waals surface area contributed by atoms with Crippen molar-refractivity contribution in [2.24, 2.45) is 0 Å². The van der Waals surface area contributed by atoms with Gasteiger partial charge in [0.2, 0.25) is 11.8 Å². The van der Waals surface area contributed by atoms with Crippen molar-refractivity contribution in [2.75, 3.05) is 18.9 Å². The number of benzene rings is 1. The van der Waals surface area contributed by atoms with Crippen LogP contribution in [0.3, 0.4) is 0 Å². The Morgan fingerprint density at radius 1 is 1.11 bits per heavy atom. The second kappa shape index (κ2) is 11.3. The molecule has 0 aliphatic heterocycles. The van der Waals surface area contributed by atoms with E-state index in [2.05, 4.69) is 20.3 Å². The Hall–Kier alpha value is -4.15. The molecule has 2 aromatic heterocycles. The summed E-state index contributed by atoms with van der Waals surface area (Å²) in [6.45, 7) is 5.69. The van der Waals surface area contributed by atoms with Crippen LogP contribution in [0.5, 0.6) is 5.88 Å². The first-order valence-electron chi connectivity index (χ1n) is 11.3. The number of esters is 2. The Morgan fingerprint density at radius 3 is 2.46 bits per heavy atom. The lowest BCUT2D eigenvalue weighted by molar-refractivity contribution is -0.146. The van der Waals surface area contributed by atoms with Gasteiger partial charge in [-0.25, -0.2) is 4.79 Å². The lowest BCUT2D eigenvalue weighted by Gasteiger charge is -2.17. The molecular formula is C24H29N5O6. The molecule has 11 nitrogen and oxygen atoms in total. The molecule has 0 bridgehead atoms. The number of aromatic nitrogens is 3. The number of nitrogen functional groups attached to an aromatic ring is 1. The third-order valence-corrected chi connectivity index (χ3v) is 5.52. The van der Waals surface area contributed by atoms with Crippen molar-refractivity contribution in [1.82, 2.24) is 20.3 Å². The first-order valence-corrected chi connectivity index (χ1v) is 11.3. The van der Waals surface area contributed by atoms with Gasteiger partial charge in [-0.2, -0.15) is 9.97 Å². The number of amides is 1. The van der Waals surface area contributed by atoms with E-state index in [0.29, 0.717) is 16.6 Å². The summed E-state index contributed by atoms with van der Waals surface area (Å²) in [4.78, 5) is 47.7. The van der Waals surface area contributed by atoms with Crippen molar-refractivity contribution in [3.8, 4) is 5.88 Å². The van der Waals surface area contributed by atoms with E-state index in [-0.39, 0.29) is 43.8 Å². The van der Waals surface area contributed by atoms with Gasteiger partial charge in [0.05, 0.1) is 18.6 Å². The normalized spacial score (nSPS) is 12.7. The first-order chi connectivity index (χ1) is 16.7. The second-order valence-electron chi connectivity index (χ2n) is 7.84. The van der Waals surface area contributed by atoms with Gasteiger partial charge >= 0.3 is 11.9 Å². The number of aromatic amines is 1. The molecule has 3 aromatic rings. The Kier molecular flexibility index (Phi) is 8.24. The van der Waals surface area contributed by atoms with Gasteiger partial charge in [-0.3, -0.25) is 9.59 Å². The fraction of sp³-hybridized carbons (Fsp3) is 0.375. The molecular weight excluding hydrogens is 454 g/mol. The molecule has 1 unspecified atom stereocenters. The number of carbonyl (C=O) groups is 3. The topological polar surface area (TPSA) is 170 Å².